The van der Waals surface area contributed by atoms with Crippen LogP contribution in [-0.2, 0) is 22.7 Å². The van der Waals surface area contributed by atoms with Crippen molar-refractivity contribution in [1.29, 1.82) is 0 Å². The van der Waals surface area contributed by atoms with Crippen molar-refractivity contribution in [3.63, 3.8) is 0 Å². The van der Waals surface area contributed by atoms with Crippen molar-refractivity contribution < 1.29 is 19.1 Å². The number of thiophene rings is 1. The number of carbonyl (C=O) groups excluding carboxylic acids is 2. The van der Waals surface area contributed by atoms with Crippen LogP contribution in [0, 0.1) is 13.8 Å². The van der Waals surface area contributed by atoms with E-state index in [-0.39, 0.29) is 18.3 Å². The number of thioether (sulfide) groups is 1. The molecular formula is C22H23BrN4O4S2. The number of methoxy groups -OCH3 is 1. The van der Waals surface area contributed by atoms with Crippen LogP contribution in [0.2, 0.25) is 0 Å². The lowest BCUT2D eigenvalue weighted by Crippen LogP contribution is -2.16. The summed E-state index contributed by atoms with van der Waals surface area (Å²) in [5, 5.41) is 12.3. The number of amides is 1. The molecule has 0 saturated carbocycles. The summed E-state index contributed by atoms with van der Waals surface area (Å²) in [6.45, 7) is 8.22. The predicted molar refractivity (Wildman–Crippen MR) is 133 cm³/mol. The van der Waals surface area contributed by atoms with E-state index in [9.17, 15) is 9.59 Å². The zero-order valence-corrected chi connectivity index (χ0v) is 21.6. The van der Waals surface area contributed by atoms with Crippen LogP contribution < -0.4 is 10.1 Å². The van der Waals surface area contributed by atoms with Gasteiger partial charge in [-0.3, -0.25) is 9.36 Å². The molecule has 0 radical (unpaired) electrons. The van der Waals surface area contributed by atoms with Crippen molar-refractivity contribution in [2.24, 2.45) is 0 Å². The maximum Gasteiger partial charge on any atom is 0.341 e. The van der Waals surface area contributed by atoms with E-state index < -0.39 is 5.97 Å². The van der Waals surface area contributed by atoms with Crippen molar-refractivity contribution >= 4 is 55.9 Å². The highest BCUT2D eigenvalue weighted by atomic mass is 79.9. The molecule has 33 heavy (non-hydrogen) atoms. The van der Waals surface area contributed by atoms with E-state index >= 15 is 0 Å². The average molecular weight is 551 g/mol. The van der Waals surface area contributed by atoms with Gasteiger partial charge in [-0.25, -0.2) is 4.79 Å². The van der Waals surface area contributed by atoms with Gasteiger partial charge in [0.15, 0.2) is 11.0 Å². The third-order valence-corrected chi connectivity index (χ3v) is 7.26. The summed E-state index contributed by atoms with van der Waals surface area (Å²) in [4.78, 5) is 25.7. The van der Waals surface area contributed by atoms with Gasteiger partial charge in [-0.1, -0.05) is 33.8 Å². The number of ether oxygens (including phenoxy) is 2. The first-order valence-corrected chi connectivity index (χ1v) is 12.5. The molecule has 1 aromatic carbocycles. The number of halogens is 1. The fourth-order valence-electron chi connectivity index (χ4n) is 2.88. The Kier molecular flexibility index (Phi) is 8.70. The first-order chi connectivity index (χ1) is 15.8. The molecule has 0 atom stereocenters. The summed E-state index contributed by atoms with van der Waals surface area (Å²) < 4.78 is 13.5. The molecule has 0 unspecified atom stereocenters. The number of nitrogens with zero attached hydrogens (tertiary/aromatic N) is 3. The minimum atomic E-state index is -0.471. The zero-order valence-electron chi connectivity index (χ0n) is 18.4. The molecule has 1 amide bonds. The highest BCUT2D eigenvalue weighted by Gasteiger charge is 2.22. The lowest BCUT2D eigenvalue weighted by molar-refractivity contribution is -0.113. The number of aromatic nitrogens is 3. The van der Waals surface area contributed by atoms with E-state index in [1.165, 1.54) is 30.2 Å². The van der Waals surface area contributed by atoms with E-state index in [0.717, 1.165) is 14.9 Å². The van der Waals surface area contributed by atoms with Gasteiger partial charge in [-0.15, -0.1) is 28.1 Å². The van der Waals surface area contributed by atoms with Crippen LogP contribution in [0.3, 0.4) is 0 Å². The van der Waals surface area contributed by atoms with Gasteiger partial charge in [0.2, 0.25) is 5.91 Å². The molecule has 0 saturated heterocycles. The Morgan fingerprint density at radius 3 is 2.67 bits per heavy atom. The average Bonchev–Trinajstić information content (AvgIpc) is 3.31. The van der Waals surface area contributed by atoms with Gasteiger partial charge in [-0.05, 0) is 43.7 Å². The minimum absolute atomic E-state index is 0.0967. The number of rotatable bonds is 10. The number of esters is 1. The molecule has 0 spiro atoms. The SMILES string of the molecule is C=CCn1c(COc2ccc(Br)cc2)nnc1SCC(=O)Nc1sc(C)c(C)c1C(=O)OC. The molecule has 2 heterocycles. The molecule has 3 rings (SSSR count). The number of allylic oxidation sites excluding steroid dienone is 1. The lowest BCUT2D eigenvalue weighted by atomic mass is 10.1. The van der Waals surface area contributed by atoms with Crippen LogP contribution in [0.1, 0.15) is 26.6 Å². The van der Waals surface area contributed by atoms with Gasteiger partial charge in [-0.2, -0.15) is 0 Å². The molecule has 2 aromatic heterocycles. The van der Waals surface area contributed by atoms with Crippen LogP contribution in [-0.4, -0.2) is 39.5 Å². The summed E-state index contributed by atoms with van der Waals surface area (Å²) in [7, 11) is 1.32. The van der Waals surface area contributed by atoms with Gasteiger partial charge in [0.05, 0.1) is 18.4 Å². The van der Waals surface area contributed by atoms with E-state index in [1.807, 2.05) is 42.7 Å². The number of carbonyl (C=O) groups is 2. The minimum Gasteiger partial charge on any atom is -0.486 e. The van der Waals surface area contributed by atoms with Crippen molar-refractivity contribution in [1.82, 2.24) is 14.8 Å². The third-order valence-electron chi connectivity index (χ3n) is 4.65. The van der Waals surface area contributed by atoms with Crippen molar-refractivity contribution in [2.75, 3.05) is 18.2 Å². The maximum absolute atomic E-state index is 12.6. The molecule has 174 valence electrons. The molecule has 8 nitrogen and oxygen atoms in total. The predicted octanol–water partition coefficient (Wildman–Crippen LogP) is 5.00. The highest BCUT2D eigenvalue weighted by molar-refractivity contribution is 9.10. The topological polar surface area (TPSA) is 95.3 Å². The fourth-order valence-corrected chi connectivity index (χ4v) is 4.98. The normalized spacial score (nSPS) is 10.7. The largest absolute Gasteiger partial charge is 0.486 e. The zero-order chi connectivity index (χ0) is 24.0. The summed E-state index contributed by atoms with van der Waals surface area (Å²) in [5.41, 5.74) is 1.19. The first-order valence-electron chi connectivity index (χ1n) is 9.86. The molecular weight excluding hydrogens is 528 g/mol. The number of anilines is 1. The second-order valence-electron chi connectivity index (χ2n) is 6.86. The Balaban J connectivity index is 1.65. The van der Waals surface area contributed by atoms with Crippen LogP contribution in [0.5, 0.6) is 5.75 Å². The number of hydrogen-bond acceptors (Lipinski definition) is 8. The Morgan fingerprint density at radius 1 is 1.27 bits per heavy atom. The number of nitrogens with one attached hydrogen (secondary N) is 1. The smallest absolute Gasteiger partial charge is 0.341 e. The van der Waals surface area contributed by atoms with Crippen LogP contribution in [0.15, 0.2) is 46.5 Å². The van der Waals surface area contributed by atoms with Crippen LogP contribution in [0.4, 0.5) is 5.00 Å². The summed E-state index contributed by atoms with van der Waals surface area (Å²) in [5.74, 6) is 0.702. The van der Waals surface area contributed by atoms with E-state index in [2.05, 4.69) is 38.0 Å². The number of aryl methyl sites for hydroxylation is 1. The van der Waals surface area contributed by atoms with Gasteiger partial charge >= 0.3 is 5.97 Å². The van der Waals surface area contributed by atoms with Crippen LogP contribution >= 0.6 is 39.0 Å². The Hall–Kier alpha value is -2.63. The second kappa shape index (κ2) is 11.5. The number of hydrogen-bond donors (Lipinski definition) is 1. The molecule has 1 N–H and O–H groups in total. The summed E-state index contributed by atoms with van der Waals surface area (Å²) in [6, 6.07) is 7.50. The Morgan fingerprint density at radius 2 is 2.00 bits per heavy atom. The van der Waals surface area contributed by atoms with Gasteiger partial charge in [0.25, 0.3) is 0 Å². The fraction of sp³-hybridized carbons (Fsp3) is 0.273. The molecule has 0 aliphatic carbocycles. The standard InChI is InChI=1S/C22H23BrN4O4S2/c1-5-10-27-17(11-31-16-8-6-15(23)7-9-16)25-26-22(27)32-12-18(28)24-20-19(21(29)30-4)13(2)14(3)33-20/h5-9H,1,10-12H2,2-4H3,(H,24,28). The molecule has 0 aliphatic heterocycles. The van der Waals surface area contributed by atoms with Crippen molar-refractivity contribution in [3.8, 4) is 5.75 Å². The summed E-state index contributed by atoms with van der Waals surface area (Å²) >= 11 is 5.99. The monoisotopic (exact) mass is 550 g/mol. The van der Waals surface area contributed by atoms with E-state index in [4.69, 9.17) is 9.47 Å². The molecule has 11 heteroatoms. The maximum atomic E-state index is 12.6. The first kappa shape index (κ1) is 25.0. The van der Waals surface area contributed by atoms with Gasteiger partial charge in [0, 0.05) is 15.9 Å². The third kappa shape index (κ3) is 6.24. The molecule has 0 bridgehead atoms. The number of benzene rings is 1. The lowest BCUT2D eigenvalue weighted by Gasteiger charge is -2.09. The van der Waals surface area contributed by atoms with Crippen molar-refractivity contribution in [3.05, 3.63) is 63.2 Å². The summed E-state index contributed by atoms with van der Waals surface area (Å²) in [6.07, 6.45) is 1.73. The van der Waals surface area contributed by atoms with Crippen LogP contribution in [0.25, 0.3) is 0 Å². The molecule has 0 aliphatic rings. The van der Waals surface area contributed by atoms with E-state index in [0.29, 0.717) is 33.8 Å². The quantitative estimate of drug-likeness (QED) is 0.215. The van der Waals surface area contributed by atoms with Crippen molar-refractivity contribution in [2.45, 2.75) is 32.2 Å². The highest BCUT2D eigenvalue weighted by Crippen LogP contribution is 2.33. The van der Waals surface area contributed by atoms with Gasteiger partial charge < -0.3 is 14.8 Å². The van der Waals surface area contributed by atoms with Gasteiger partial charge in [0.1, 0.15) is 17.4 Å². The van der Waals surface area contributed by atoms with E-state index in [1.54, 1.807) is 6.08 Å². The second-order valence-corrected chi connectivity index (χ2v) is 9.94. The molecule has 0 fully saturated rings. The Bertz CT molecular complexity index is 1160. The molecule has 3 aromatic rings. The Labute approximate surface area is 208 Å².